The minimum Gasteiger partial charge on any atom is -0.491 e. The summed E-state index contributed by atoms with van der Waals surface area (Å²) < 4.78 is 5.61. The van der Waals surface area contributed by atoms with Gasteiger partial charge in [-0.3, -0.25) is 9.78 Å². The van der Waals surface area contributed by atoms with Crippen molar-refractivity contribution in [1.29, 1.82) is 0 Å². The zero-order chi connectivity index (χ0) is 15.4. The first-order valence-electron chi connectivity index (χ1n) is 6.73. The van der Waals surface area contributed by atoms with E-state index in [1.807, 2.05) is 19.9 Å². The fraction of sp³-hybridized carbons (Fsp3) is 0.250. The third-order valence-corrected chi connectivity index (χ3v) is 2.95. The van der Waals surface area contributed by atoms with Crippen molar-refractivity contribution in [2.75, 3.05) is 17.7 Å². The van der Waals surface area contributed by atoms with Crippen molar-refractivity contribution >= 4 is 17.3 Å². The first-order chi connectivity index (χ1) is 9.99. The van der Waals surface area contributed by atoms with Crippen LogP contribution < -0.4 is 15.4 Å². The molecule has 0 bridgehead atoms. The van der Waals surface area contributed by atoms with Crippen LogP contribution in [0.1, 0.15) is 24.2 Å². The summed E-state index contributed by atoms with van der Waals surface area (Å²) in [5.74, 6) is 0.522. The summed E-state index contributed by atoms with van der Waals surface area (Å²) in [6, 6.07) is 8.83. The lowest BCUT2D eigenvalue weighted by Crippen LogP contribution is -2.27. The summed E-state index contributed by atoms with van der Waals surface area (Å²) >= 11 is 0. The Bertz CT molecular complexity index is 641. The number of rotatable bonds is 4. The number of hydrogen-bond donors (Lipinski definition) is 1. The van der Waals surface area contributed by atoms with Crippen molar-refractivity contribution in [2.24, 2.45) is 0 Å². The van der Waals surface area contributed by atoms with E-state index < -0.39 is 0 Å². The van der Waals surface area contributed by atoms with Crippen molar-refractivity contribution in [2.45, 2.75) is 20.0 Å². The highest BCUT2D eigenvalue weighted by Crippen LogP contribution is 2.23. The molecule has 5 nitrogen and oxygen atoms in total. The maximum atomic E-state index is 12.5. The molecule has 0 atom stereocenters. The van der Waals surface area contributed by atoms with Gasteiger partial charge in [-0.25, -0.2) is 0 Å². The average molecular weight is 285 g/mol. The number of nitrogens with two attached hydrogens (primary N) is 1. The lowest BCUT2D eigenvalue weighted by molar-refractivity contribution is 0.0992. The maximum Gasteiger partial charge on any atom is 0.258 e. The smallest absolute Gasteiger partial charge is 0.258 e. The van der Waals surface area contributed by atoms with Crippen LogP contribution in [0.3, 0.4) is 0 Å². The number of nitrogen functional groups attached to an aromatic ring is 1. The molecule has 0 spiro atoms. The number of hydrogen-bond acceptors (Lipinski definition) is 4. The zero-order valence-corrected chi connectivity index (χ0v) is 12.4. The van der Waals surface area contributed by atoms with Gasteiger partial charge in [0.05, 0.1) is 23.7 Å². The van der Waals surface area contributed by atoms with E-state index in [4.69, 9.17) is 10.5 Å². The van der Waals surface area contributed by atoms with E-state index in [9.17, 15) is 4.79 Å². The van der Waals surface area contributed by atoms with E-state index in [-0.39, 0.29) is 12.0 Å². The summed E-state index contributed by atoms with van der Waals surface area (Å²) in [6.07, 6.45) is 3.19. The van der Waals surface area contributed by atoms with Gasteiger partial charge in [0.2, 0.25) is 0 Å². The van der Waals surface area contributed by atoms with Crippen molar-refractivity contribution in [3.05, 3.63) is 48.3 Å². The predicted octanol–water partition coefficient (Wildman–Crippen LogP) is 2.73. The van der Waals surface area contributed by atoms with Crippen molar-refractivity contribution < 1.29 is 9.53 Å². The van der Waals surface area contributed by atoms with Gasteiger partial charge in [0.25, 0.3) is 5.91 Å². The first kappa shape index (κ1) is 14.8. The molecule has 110 valence electrons. The second kappa shape index (κ2) is 6.26. The highest BCUT2D eigenvalue weighted by atomic mass is 16.5. The molecule has 0 saturated carbocycles. The van der Waals surface area contributed by atoms with Gasteiger partial charge in [0.15, 0.2) is 0 Å². The SMILES string of the molecule is CC(C)Oc1cccc(C(=O)N(C)c2ccncc2N)c1. The Hall–Kier alpha value is -2.56. The molecule has 1 heterocycles. The van der Waals surface area contributed by atoms with Gasteiger partial charge in [0, 0.05) is 18.8 Å². The molecule has 0 saturated heterocycles. The van der Waals surface area contributed by atoms with Gasteiger partial charge >= 0.3 is 0 Å². The van der Waals surface area contributed by atoms with Crippen LogP contribution in [0.4, 0.5) is 11.4 Å². The molecule has 0 fully saturated rings. The number of amides is 1. The van der Waals surface area contributed by atoms with E-state index in [0.29, 0.717) is 22.7 Å². The molecule has 2 aromatic rings. The Morgan fingerprint density at radius 2 is 2.10 bits per heavy atom. The number of nitrogens with zero attached hydrogens (tertiary/aromatic N) is 2. The first-order valence-corrected chi connectivity index (χ1v) is 6.73. The van der Waals surface area contributed by atoms with E-state index in [2.05, 4.69) is 4.98 Å². The van der Waals surface area contributed by atoms with Crippen LogP contribution in [-0.4, -0.2) is 24.0 Å². The summed E-state index contributed by atoms with van der Waals surface area (Å²) in [7, 11) is 1.68. The number of ether oxygens (including phenoxy) is 1. The Kier molecular flexibility index (Phi) is 4.42. The van der Waals surface area contributed by atoms with Gasteiger partial charge in [-0.2, -0.15) is 0 Å². The van der Waals surface area contributed by atoms with Crippen molar-refractivity contribution in [3.63, 3.8) is 0 Å². The summed E-state index contributed by atoms with van der Waals surface area (Å²) in [6.45, 7) is 3.89. The molecule has 2 rings (SSSR count). The molecule has 1 aromatic carbocycles. The standard InChI is InChI=1S/C16H19N3O2/c1-11(2)21-13-6-4-5-12(9-13)16(20)19(3)15-7-8-18-10-14(15)17/h4-11H,17H2,1-3H3. The number of carbonyl (C=O) groups is 1. The number of carbonyl (C=O) groups excluding carboxylic acids is 1. The molecular formula is C16H19N3O2. The van der Waals surface area contributed by atoms with Gasteiger partial charge in [-0.1, -0.05) is 6.07 Å². The minimum atomic E-state index is -0.151. The van der Waals surface area contributed by atoms with Gasteiger partial charge in [-0.05, 0) is 38.1 Å². The Morgan fingerprint density at radius 3 is 2.76 bits per heavy atom. The number of benzene rings is 1. The quantitative estimate of drug-likeness (QED) is 0.937. The van der Waals surface area contributed by atoms with E-state index in [1.54, 1.807) is 37.5 Å². The number of aromatic nitrogens is 1. The van der Waals surface area contributed by atoms with Crippen LogP contribution in [0.25, 0.3) is 0 Å². The van der Waals surface area contributed by atoms with Gasteiger partial charge in [0.1, 0.15) is 5.75 Å². The molecule has 0 aliphatic carbocycles. The molecular weight excluding hydrogens is 266 g/mol. The third-order valence-electron chi connectivity index (χ3n) is 2.95. The summed E-state index contributed by atoms with van der Waals surface area (Å²) in [5, 5.41) is 0. The monoisotopic (exact) mass is 285 g/mol. The lowest BCUT2D eigenvalue weighted by atomic mass is 10.1. The van der Waals surface area contributed by atoms with Crippen LogP contribution in [0, 0.1) is 0 Å². The summed E-state index contributed by atoms with van der Waals surface area (Å²) in [5.41, 5.74) is 7.49. The number of pyridine rings is 1. The average Bonchev–Trinajstić information content (AvgIpc) is 2.46. The highest BCUT2D eigenvalue weighted by molar-refractivity contribution is 6.07. The predicted molar refractivity (Wildman–Crippen MR) is 83.6 cm³/mol. The van der Waals surface area contributed by atoms with Gasteiger partial charge in [-0.15, -0.1) is 0 Å². The van der Waals surface area contributed by atoms with Gasteiger partial charge < -0.3 is 15.4 Å². The molecule has 0 unspecified atom stereocenters. The van der Waals surface area contributed by atoms with Crippen LogP contribution in [0.2, 0.25) is 0 Å². The van der Waals surface area contributed by atoms with Crippen LogP contribution in [0.15, 0.2) is 42.7 Å². The summed E-state index contributed by atoms with van der Waals surface area (Å²) in [4.78, 5) is 18.0. The Balaban J connectivity index is 2.25. The van der Waals surface area contributed by atoms with Crippen LogP contribution >= 0.6 is 0 Å². The molecule has 2 N–H and O–H groups in total. The van der Waals surface area contributed by atoms with E-state index >= 15 is 0 Å². The minimum absolute atomic E-state index is 0.0592. The molecule has 5 heteroatoms. The van der Waals surface area contributed by atoms with Crippen molar-refractivity contribution in [3.8, 4) is 5.75 Å². The molecule has 0 radical (unpaired) electrons. The van der Waals surface area contributed by atoms with E-state index in [1.165, 1.54) is 11.1 Å². The van der Waals surface area contributed by atoms with Crippen LogP contribution in [-0.2, 0) is 0 Å². The lowest BCUT2D eigenvalue weighted by Gasteiger charge is -2.19. The fourth-order valence-electron chi connectivity index (χ4n) is 1.98. The zero-order valence-electron chi connectivity index (χ0n) is 12.4. The van der Waals surface area contributed by atoms with E-state index in [0.717, 1.165) is 0 Å². The van der Waals surface area contributed by atoms with Crippen molar-refractivity contribution in [1.82, 2.24) is 4.98 Å². The number of anilines is 2. The Labute approximate surface area is 124 Å². The molecule has 1 amide bonds. The third kappa shape index (κ3) is 3.51. The topological polar surface area (TPSA) is 68.5 Å². The molecule has 21 heavy (non-hydrogen) atoms. The molecule has 1 aromatic heterocycles. The molecule has 0 aliphatic heterocycles. The Morgan fingerprint density at radius 1 is 1.33 bits per heavy atom. The highest BCUT2D eigenvalue weighted by Gasteiger charge is 2.16. The van der Waals surface area contributed by atoms with Crippen LogP contribution in [0.5, 0.6) is 5.75 Å². The normalized spacial score (nSPS) is 10.5. The maximum absolute atomic E-state index is 12.5. The second-order valence-electron chi connectivity index (χ2n) is 4.99. The fourth-order valence-corrected chi connectivity index (χ4v) is 1.98. The molecule has 0 aliphatic rings. The largest absolute Gasteiger partial charge is 0.491 e. The second-order valence-corrected chi connectivity index (χ2v) is 4.99.